The Morgan fingerprint density at radius 2 is 1.81 bits per heavy atom. The van der Waals surface area contributed by atoms with Crippen LogP contribution in [0.4, 0.5) is 0 Å². The molecule has 5 nitrogen and oxygen atoms in total. The van der Waals surface area contributed by atoms with Gasteiger partial charge in [0.05, 0.1) is 0 Å². The highest BCUT2D eigenvalue weighted by atomic mass is 16.2. The number of imide groups is 1. The second-order valence-corrected chi connectivity index (χ2v) is 3.53. The van der Waals surface area contributed by atoms with Crippen LogP contribution < -0.4 is 0 Å². The predicted octanol–water partition coefficient (Wildman–Crippen LogP) is 0.989. The zero-order valence-electron chi connectivity index (χ0n) is 9.40. The van der Waals surface area contributed by atoms with E-state index in [1.165, 1.54) is 24.3 Å². The van der Waals surface area contributed by atoms with E-state index in [2.05, 4.69) is 6.58 Å². The Hall–Kier alpha value is -1.91. The number of allylic oxidation sites excluding steroid dienone is 1. The average Bonchev–Trinajstić information content (AvgIpc) is 2.55. The Balaban J connectivity index is 2.94. The van der Waals surface area contributed by atoms with Gasteiger partial charge in [-0.05, 0) is 13.8 Å². The number of hydrogen-bond acceptors (Lipinski definition) is 4. The molecule has 2 amide bonds. The lowest BCUT2D eigenvalue weighted by atomic mass is 10.2. The number of rotatable bonds is 4. The summed E-state index contributed by atoms with van der Waals surface area (Å²) >= 11 is 0. The lowest BCUT2D eigenvalue weighted by Gasteiger charge is -2.25. The van der Waals surface area contributed by atoms with Crippen LogP contribution in [0.15, 0.2) is 24.6 Å². The Bertz CT molecular complexity index is 369. The van der Waals surface area contributed by atoms with Gasteiger partial charge in [0.2, 0.25) is 11.8 Å². The first-order valence-electron chi connectivity index (χ1n) is 4.93. The monoisotopic (exact) mass is 222 g/mol. The van der Waals surface area contributed by atoms with Crippen molar-refractivity contribution in [1.82, 2.24) is 10.0 Å². The summed E-state index contributed by atoms with van der Waals surface area (Å²) in [6, 6.07) is 0. The van der Waals surface area contributed by atoms with E-state index < -0.39 is 0 Å². The van der Waals surface area contributed by atoms with Crippen molar-refractivity contribution in [3.8, 4) is 0 Å². The van der Waals surface area contributed by atoms with Crippen LogP contribution in [0.1, 0.15) is 26.7 Å². The molecule has 0 N–H and O–H groups in total. The fraction of sp³-hybridized carbons (Fsp3) is 0.364. The van der Waals surface area contributed by atoms with E-state index in [-0.39, 0.29) is 30.4 Å². The maximum Gasteiger partial charge on any atom is 0.249 e. The first-order valence-corrected chi connectivity index (χ1v) is 4.93. The molecule has 0 saturated carbocycles. The minimum atomic E-state index is -0.280. The average molecular weight is 222 g/mol. The molecule has 0 bridgehead atoms. The molecule has 86 valence electrons. The number of hydrogen-bond donors (Lipinski definition) is 0. The molecule has 0 aromatic carbocycles. The van der Waals surface area contributed by atoms with Gasteiger partial charge in [0.25, 0.3) is 0 Å². The minimum Gasteiger partial charge on any atom is -0.295 e. The van der Waals surface area contributed by atoms with E-state index in [1.54, 1.807) is 6.92 Å². The second kappa shape index (κ2) is 4.74. The summed E-state index contributed by atoms with van der Waals surface area (Å²) in [5.41, 5.74) is 0.451. The quantitative estimate of drug-likeness (QED) is 0.525. The summed E-state index contributed by atoms with van der Waals surface area (Å²) in [6.07, 6.45) is 3.16. The Morgan fingerprint density at radius 3 is 2.19 bits per heavy atom. The van der Waals surface area contributed by atoms with Crippen LogP contribution in [0.25, 0.3) is 0 Å². The highest BCUT2D eigenvalue weighted by molar-refractivity contribution is 6.01. The smallest absolute Gasteiger partial charge is 0.249 e. The third-order valence-corrected chi connectivity index (χ3v) is 2.32. The van der Waals surface area contributed by atoms with Crippen LogP contribution in [0, 0.1) is 0 Å². The van der Waals surface area contributed by atoms with E-state index in [0.717, 1.165) is 5.01 Å². The van der Waals surface area contributed by atoms with Crippen molar-refractivity contribution in [3.63, 3.8) is 0 Å². The maximum atomic E-state index is 11.4. The van der Waals surface area contributed by atoms with Gasteiger partial charge in [0.15, 0.2) is 5.78 Å². The Labute approximate surface area is 94.0 Å². The molecule has 0 spiro atoms. The number of Topliss-reactive ketones (excluding diaryl/α,β-unsaturated/α-hetero) is 1. The molecule has 0 aromatic rings. The van der Waals surface area contributed by atoms with Crippen LogP contribution in [-0.2, 0) is 14.4 Å². The van der Waals surface area contributed by atoms with Crippen molar-refractivity contribution in [2.75, 3.05) is 0 Å². The summed E-state index contributed by atoms with van der Waals surface area (Å²) in [7, 11) is 0. The van der Waals surface area contributed by atoms with Gasteiger partial charge in [-0.25, -0.2) is 0 Å². The fourth-order valence-electron chi connectivity index (χ4n) is 1.30. The van der Waals surface area contributed by atoms with Gasteiger partial charge in [0, 0.05) is 30.8 Å². The third-order valence-electron chi connectivity index (χ3n) is 2.32. The van der Waals surface area contributed by atoms with Crippen molar-refractivity contribution in [1.29, 1.82) is 0 Å². The molecule has 0 unspecified atom stereocenters. The number of carbonyl (C=O) groups is 3. The van der Waals surface area contributed by atoms with Gasteiger partial charge < -0.3 is 0 Å². The number of nitrogens with zero attached hydrogens (tertiary/aromatic N) is 2. The molecule has 16 heavy (non-hydrogen) atoms. The predicted molar refractivity (Wildman–Crippen MR) is 57.6 cm³/mol. The second-order valence-electron chi connectivity index (χ2n) is 3.53. The molecule has 1 fully saturated rings. The summed E-state index contributed by atoms with van der Waals surface area (Å²) < 4.78 is 0. The first-order chi connectivity index (χ1) is 7.47. The van der Waals surface area contributed by atoms with Crippen LogP contribution >= 0.6 is 0 Å². The molecule has 0 aliphatic carbocycles. The first kappa shape index (κ1) is 12.2. The van der Waals surface area contributed by atoms with Crippen LogP contribution in [0.2, 0.25) is 0 Å². The minimum absolute atomic E-state index is 0.119. The normalized spacial score (nSPS) is 16.6. The molecule has 0 atom stereocenters. The van der Waals surface area contributed by atoms with E-state index in [0.29, 0.717) is 5.57 Å². The topological polar surface area (TPSA) is 57.7 Å². The van der Waals surface area contributed by atoms with Crippen molar-refractivity contribution in [2.24, 2.45) is 0 Å². The Morgan fingerprint density at radius 1 is 1.31 bits per heavy atom. The summed E-state index contributed by atoms with van der Waals surface area (Å²) in [5.74, 6) is -0.680. The molecule has 1 saturated heterocycles. The van der Waals surface area contributed by atoms with Crippen LogP contribution in [0.3, 0.4) is 0 Å². The molecule has 1 heterocycles. The van der Waals surface area contributed by atoms with Crippen molar-refractivity contribution in [2.45, 2.75) is 26.7 Å². The number of carbonyl (C=O) groups excluding carboxylic acids is 3. The summed E-state index contributed by atoms with van der Waals surface area (Å²) in [6.45, 7) is 6.54. The number of ketones is 1. The van der Waals surface area contributed by atoms with Crippen molar-refractivity contribution in [3.05, 3.63) is 24.6 Å². The highest BCUT2D eigenvalue weighted by Crippen LogP contribution is 2.16. The third kappa shape index (κ3) is 2.36. The lowest BCUT2D eigenvalue weighted by Crippen LogP contribution is -2.39. The lowest BCUT2D eigenvalue weighted by molar-refractivity contribution is -0.149. The largest absolute Gasteiger partial charge is 0.295 e. The summed E-state index contributed by atoms with van der Waals surface area (Å²) in [5, 5.41) is 2.26. The van der Waals surface area contributed by atoms with Gasteiger partial charge >= 0.3 is 0 Å². The molecule has 1 aliphatic heterocycles. The van der Waals surface area contributed by atoms with Crippen LogP contribution in [-0.4, -0.2) is 27.6 Å². The molecule has 0 aromatic heterocycles. The molecular weight excluding hydrogens is 208 g/mol. The Kier molecular flexibility index (Phi) is 3.60. The summed E-state index contributed by atoms with van der Waals surface area (Å²) in [4.78, 5) is 33.9. The van der Waals surface area contributed by atoms with Crippen molar-refractivity contribution < 1.29 is 14.4 Å². The maximum absolute atomic E-state index is 11.4. The van der Waals surface area contributed by atoms with E-state index in [4.69, 9.17) is 0 Å². The zero-order valence-corrected chi connectivity index (χ0v) is 9.40. The fourth-order valence-corrected chi connectivity index (χ4v) is 1.30. The molecule has 1 rings (SSSR count). The van der Waals surface area contributed by atoms with Gasteiger partial charge in [0.1, 0.15) is 0 Å². The molecular formula is C11H14N2O3. The number of amides is 2. The number of hydrazine groups is 1. The van der Waals surface area contributed by atoms with Gasteiger partial charge in [-0.2, -0.15) is 5.01 Å². The molecule has 5 heteroatoms. The van der Waals surface area contributed by atoms with Gasteiger partial charge in [-0.1, -0.05) is 6.58 Å². The van der Waals surface area contributed by atoms with Gasteiger partial charge in [-0.3, -0.25) is 19.4 Å². The van der Waals surface area contributed by atoms with E-state index in [9.17, 15) is 14.4 Å². The molecule has 1 aliphatic rings. The van der Waals surface area contributed by atoms with E-state index >= 15 is 0 Å². The zero-order chi connectivity index (χ0) is 12.3. The molecule has 0 radical (unpaired) electrons. The van der Waals surface area contributed by atoms with Crippen LogP contribution in [0.5, 0.6) is 0 Å². The SMILES string of the molecule is C=CN(/C=C(\C)C(C)=O)N1C(=O)CCC1=O. The van der Waals surface area contributed by atoms with Gasteiger partial charge in [-0.15, -0.1) is 0 Å². The van der Waals surface area contributed by atoms with Crippen molar-refractivity contribution >= 4 is 17.6 Å². The standard InChI is InChI=1S/C11H14N2O3/c1-4-12(7-8(2)9(3)14)13-10(15)5-6-11(13)16/h4,7H,1,5-6H2,2-3H3/b8-7+. The highest BCUT2D eigenvalue weighted by Gasteiger charge is 2.32. The van der Waals surface area contributed by atoms with E-state index in [1.807, 2.05) is 0 Å².